The normalized spacial score (nSPS) is 18.6. The second kappa shape index (κ2) is 6.73. The molecule has 100 valence electrons. The molecule has 1 saturated heterocycles. The van der Waals surface area contributed by atoms with Gasteiger partial charge < -0.3 is 20.7 Å². The number of ether oxygens (including phenoxy) is 1. The summed E-state index contributed by atoms with van der Waals surface area (Å²) >= 11 is 0. The van der Waals surface area contributed by atoms with Crippen molar-refractivity contribution >= 4 is 0 Å². The smallest absolute Gasteiger partial charge is 0.119 e. The number of benzene rings is 1. The van der Waals surface area contributed by atoms with Crippen molar-refractivity contribution in [2.24, 2.45) is 5.73 Å². The first kappa shape index (κ1) is 13.3. The lowest BCUT2D eigenvalue weighted by atomic mass is 9.98. The molecule has 0 radical (unpaired) electrons. The predicted molar refractivity (Wildman–Crippen MR) is 74.1 cm³/mol. The minimum atomic E-state index is 0.387. The van der Waals surface area contributed by atoms with Crippen molar-refractivity contribution in [1.29, 1.82) is 0 Å². The van der Waals surface area contributed by atoms with Crippen LogP contribution in [0, 0.1) is 0 Å². The van der Waals surface area contributed by atoms with Gasteiger partial charge in [0.2, 0.25) is 0 Å². The molecule has 1 aliphatic heterocycles. The van der Waals surface area contributed by atoms with Gasteiger partial charge in [0.1, 0.15) is 5.75 Å². The Balaban J connectivity index is 2.02. The standard InChI is InChI=1S/C14H23N3O/c1-18-14-4-2-3-12(9-14)13(10-15)11-17-7-5-16-6-8-17/h2-4,9,13,16H,5-8,10-11,15H2,1H3. The van der Waals surface area contributed by atoms with E-state index in [1.54, 1.807) is 7.11 Å². The summed E-state index contributed by atoms with van der Waals surface area (Å²) in [4.78, 5) is 2.48. The third-order valence-electron chi connectivity index (χ3n) is 3.54. The van der Waals surface area contributed by atoms with Gasteiger partial charge in [0.05, 0.1) is 7.11 Å². The lowest BCUT2D eigenvalue weighted by molar-refractivity contribution is 0.228. The first-order valence-electron chi connectivity index (χ1n) is 6.60. The average Bonchev–Trinajstić information content (AvgIpc) is 2.46. The van der Waals surface area contributed by atoms with Crippen molar-refractivity contribution < 1.29 is 4.74 Å². The molecule has 1 atom stereocenters. The molecule has 0 aliphatic carbocycles. The van der Waals surface area contributed by atoms with Crippen molar-refractivity contribution in [3.05, 3.63) is 29.8 Å². The van der Waals surface area contributed by atoms with Crippen LogP contribution in [-0.4, -0.2) is 51.3 Å². The highest BCUT2D eigenvalue weighted by Crippen LogP contribution is 2.21. The van der Waals surface area contributed by atoms with Gasteiger partial charge in [-0.3, -0.25) is 0 Å². The van der Waals surface area contributed by atoms with Crippen LogP contribution in [0.1, 0.15) is 11.5 Å². The molecular weight excluding hydrogens is 226 g/mol. The van der Waals surface area contributed by atoms with E-state index >= 15 is 0 Å². The van der Waals surface area contributed by atoms with E-state index in [1.807, 2.05) is 12.1 Å². The van der Waals surface area contributed by atoms with E-state index in [4.69, 9.17) is 10.5 Å². The highest BCUT2D eigenvalue weighted by molar-refractivity contribution is 5.31. The molecule has 1 fully saturated rings. The van der Waals surface area contributed by atoms with E-state index in [1.165, 1.54) is 5.56 Å². The minimum absolute atomic E-state index is 0.387. The number of nitrogens with zero attached hydrogens (tertiary/aromatic N) is 1. The Bertz CT molecular complexity index is 364. The lowest BCUT2D eigenvalue weighted by Crippen LogP contribution is -2.45. The van der Waals surface area contributed by atoms with Gasteiger partial charge in [-0.05, 0) is 17.7 Å². The minimum Gasteiger partial charge on any atom is -0.497 e. The zero-order valence-electron chi connectivity index (χ0n) is 11.1. The first-order valence-corrected chi connectivity index (χ1v) is 6.60. The summed E-state index contributed by atoms with van der Waals surface area (Å²) in [5, 5.41) is 3.37. The fourth-order valence-electron chi connectivity index (χ4n) is 2.42. The largest absolute Gasteiger partial charge is 0.497 e. The van der Waals surface area contributed by atoms with Gasteiger partial charge in [0.15, 0.2) is 0 Å². The van der Waals surface area contributed by atoms with Crippen LogP contribution in [0.5, 0.6) is 5.75 Å². The molecule has 1 unspecified atom stereocenters. The van der Waals surface area contributed by atoms with Crippen LogP contribution in [0.4, 0.5) is 0 Å². The molecule has 0 saturated carbocycles. The Morgan fingerprint density at radius 3 is 2.83 bits per heavy atom. The number of rotatable bonds is 5. The van der Waals surface area contributed by atoms with Crippen LogP contribution in [0.2, 0.25) is 0 Å². The number of nitrogens with one attached hydrogen (secondary N) is 1. The molecule has 1 aliphatic rings. The van der Waals surface area contributed by atoms with E-state index in [-0.39, 0.29) is 0 Å². The zero-order valence-corrected chi connectivity index (χ0v) is 11.1. The number of hydrogen-bond acceptors (Lipinski definition) is 4. The van der Waals surface area contributed by atoms with Crippen molar-refractivity contribution in [2.45, 2.75) is 5.92 Å². The monoisotopic (exact) mass is 249 g/mol. The third-order valence-corrected chi connectivity index (χ3v) is 3.54. The van der Waals surface area contributed by atoms with Gasteiger partial charge in [-0.15, -0.1) is 0 Å². The maximum absolute atomic E-state index is 5.93. The number of nitrogens with two attached hydrogens (primary N) is 1. The van der Waals surface area contributed by atoms with Gasteiger partial charge in [0, 0.05) is 45.2 Å². The van der Waals surface area contributed by atoms with E-state index in [0.717, 1.165) is 38.5 Å². The molecule has 0 bridgehead atoms. The van der Waals surface area contributed by atoms with Gasteiger partial charge in [-0.2, -0.15) is 0 Å². The van der Waals surface area contributed by atoms with Crippen LogP contribution < -0.4 is 15.8 Å². The summed E-state index contributed by atoms with van der Waals surface area (Å²) in [7, 11) is 1.70. The van der Waals surface area contributed by atoms with Gasteiger partial charge in [0.25, 0.3) is 0 Å². The molecule has 0 amide bonds. The molecular formula is C14H23N3O. The number of methoxy groups -OCH3 is 1. The second-order valence-electron chi connectivity index (χ2n) is 4.76. The fourth-order valence-corrected chi connectivity index (χ4v) is 2.42. The Morgan fingerprint density at radius 1 is 1.39 bits per heavy atom. The molecule has 1 aromatic rings. The van der Waals surface area contributed by atoms with Crippen LogP contribution in [0.3, 0.4) is 0 Å². The fraction of sp³-hybridized carbons (Fsp3) is 0.571. The molecule has 18 heavy (non-hydrogen) atoms. The summed E-state index contributed by atoms with van der Waals surface area (Å²) in [6.45, 7) is 6.09. The molecule has 4 nitrogen and oxygen atoms in total. The highest BCUT2D eigenvalue weighted by atomic mass is 16.5. The van der Waals surface area contributed by atoms with Crippen molar-refractivity contribution in [2.75, 3.05) is 46.4 Å². The number of piperazine rings is 1. The SMILES string of the molecule is COc1cccc(C(CN)CN2CCNCC2)c1. The molecule has 1 aromatic carbocycles. The van der Waals surface area contributed by atoms with E-state index < -0.39 is 0 Å². The van der Waals surface area contributed by atoms with Crippen LogP contribution in [0.15, 0.2) is 24.3 Å². The van der Waals surface area contributed by atoms with Crippen molar-refractivity contribution in [3.8, 4) is 5.75 Å². The van der Waals surface area contributed by atoms with Gasteiger partial charge in [-0.1, -0.05) is 12.1 Å². The maximum atomic E-state index is 5.93. The first-order chi connectivity index (χ1) is 8.83. The molecule has 3 N–H and O–H groups in total. The summed E-state index contributed by atoms with van der Waals surface area (Å²) in [5.74, 6) is 1.30. The van der Waals surface area contributed by atoms with Gasteiger partial charge in [-0.25, -0.2) is 0 Å². The summed E-state index contributed by atoms with van der Waals surface area (Å²) in [5.41, 5.74) is 7.20. The van der Waals surface area contributed by atoms with Crippen molar-refractivity contribution in [3.63, 3.8) is 0 Å². The summed E-state index contributed by atoms with van der Waals surface area (Å²) in [6, 6.07) is 8.25. The molecule has 0 aromatic heterocycles. The Hall–Kier alpha value is -1.10. The zero-order chi connectivity index (χ0) is 12.8. The summed E-state index contributed by atoms with van der Waals surface area (Å²) < 4.78 is 5.28. The van der Waals surface area contributed by atoms with Crippen LogP contribution in [0.25, 0.3) is 0 Å². The van der Waals surface area contributed by atoms with E-state index in [9.17, 15) is 0 Å². The Kier molecular flexibility index (Phi) is 4.99. The highest BCUT2D eigenvalue weighted by Gasteiger charge is 2.17. The molecule has 2 rings (SSSR count). The van der Waals surface area contributed by atoms with Crippen LogP contribution >= 0.6 is 0 Å². The maximum Gasteiger partial charge on any atom is 0.119 e. The lowest BCUT2D eigenvalue weighted by Gasteiger charge is -2.30. The van der Waals surface area contributed by atoms with Gasteiger partial charge >= 0.3 is 0 Å². The van der Waals surface area contributed by atoms with E-state index in [2.05, 4.69) is 22.3 Å². The Morgan fingerprint density at radius 2 is 2.17 bits per heavy atom. The van der Waals surface area contributed by atoms with Crippen LogP contribution in [-0.2, 0) is 0 Å². The number of hydrogen-bond donors (Lipinski definition) is 2. The quantitative estimate of drug-likeness (QED) is 0.804. The molecule has 4 heteroatoms. The average molecular weight is 249 g/mol. The Labute approximate surface area is 109 Å². The third kappa shape index (κ3) is 3.45. The molecule has 1 heterocycles. The molecule has 0 spiro atoms. The van der Waals surface area contributed by atoms with Crippen molar-refractivity contribution in [1.82, 2.24) is 10.2 Å². The summed E-state index contributed by atoms with van der Waals surface area (Å²) in [6.07, 6.45) is 0. The predicted octanol–water partition coefficient (Wildman–Crippen LogP) is 0.643. The van der Waals surface area contributed by atoms with E-state index in [0.29, 0.717) is 12.5 Å². The topological polar surface area (TPSA) is 50.5 Å². The second-order valence-corrected chi connectivity index (χ2v) is 4.76.